The van der Waals surface area contributed by atoms with E-state index < -0.39 is 5.97 Å². The summed E-state index contributed by atoms with van der Waals surface area (Å²) in [6.45, 7) is 1.70. The second-order valence-electron chi connectivity index (χ2n) is 4.42. The van der Waals surface area contributed by atoms with Crippen LogP contribution in [0.25, 0.3) is 17.2 Å². The molecule has 3 rings (SSSR count). The van der Waals surface area contributed by atoms with Crippen LogP contribution in [0.5, 0.6) is 0 Å². The van der Waals surface area contributed by atoms with Gasteiger partial charge in [0.05, 0.1) is 24.0 Å². The highest BCUT2D eigenvalue weighted by Crippen LogP contribution is 2.36. The summed E-state index contributed by atoms with van der Waals surface area (Å²) >= 11 is 0. The molecule has 0 atom stereocenters. The van der Waals surface area contributed by atoms with Crippen LogP contribution in [0.1, 0.15) is 28.5 Å². The minimum Gasteiger partial charge on any atom is -0.478 e. The van der Waals surface area contributed by atoms with Gasteiger partial charge in [0.15, 0.2) is 0 Å². The Bertz CT molecular complexity index is 687. The number of carbonyl (C=O) groups excluding carboxylic acids is 1. The number of aromatic nitrogens is 2. The summed E-state index contributed by atoms with van der Waals surface area (Å²) in [5, 5.41) is 16.1. The Morgan fingerprint density at radius 1 is 1.47 bits per heavy atom. The molecule has 2 N–H and O–H groups in total. The number of nitrogens with one attached hydrogen (secondary N) is 1. The number of rotatable bonds is 1. The van der Waals surface area contributed by atoms with E-state index in [-0.39, 0.29) is 18.0 Å². The van der Waals surface area contributed by atoms with E-state index in [1.165, 1.54) is 11.8 Å². The zero-order valence-corrected chi connectivity index (χ0v) is 10.2. The number of carboxylic acids is 1. The van der Waals surface area contributed by atoms with Crippen molar-refractivity contribution in [1.82, 2.24) is 15.1 Å². The van der Waals surface area contributed by atoms with E-state index in [9.17, 15) is 14.7 Å². The molecule has 1 amide bonds. The Labute approximate surface area is 108 Å². The second kappa shape index (κ2) is 3.94. The van der Waals surface area contributed by atoms with Crippen molar-refractivity contribution in [3.05, 3.63) is 35.3 Å². The lowest BCUT2D eigenvalue weighted by Crippen LogP contribution is -2.22. The molecule has 3 aliphatic rings. The van der Waals surface area contributed by atoms with Gasteiger partial charge in [-0.3, -0.25) is 9.89 Å². The maximum absolute atomic E-state index is 11.5. The number of carboxylic acid groups (broad SMARTS) is 1. The molecular formula is C13H11N3O3. The van der Waals surface area contributed by atoms with Crippen molar-refractivity contribution in [2.24, 2.45) is 0 Å². The Morgan fingerprint density at radius 3 is 2.95 bits per heavy atom. The van der Waals surface area contributed by atoms with Gasteiger partial charge in [0.25, 0.3) is 0 Å². The van der Waals surface area contributed by atoms with Gasteiger partial charge in [-0.2, -0.15) is 5.10 Å². The Hall–Kier alpha value is -2.63. The summed E-state index contributed by atoms with van der Waals surface area (Å²) in [5.74, 6) is -1.13. The van der Waals surface area contributed by atoms with Crippen molar-refractivity contribution < 1.29 is 14.7 Å². The standard InChI is InChI=1S/C13H11N3O3/c1-7(17)16-3-2-11-12-8(5-14-15-11)4-9(13(18)19)10(12)6-16/h2-5,15H,6H2,1H3,(H,18,19). The summed E-state index contributed by atoms with van der Waals surface area (Å²) < 4.78 is 0. The molecule has 96 valence electrons. The molecule has 0 radical (unpaired) electrons. The maximum Gasteiger partial charge on any atom is 0.336 e. The quantitative estimate of drug-likeness (QED) is 0.811. The maximum atomic E-state index is 11.5. The van der Waals surface area contributed by atoms with Crippen LogP contribution in [0, 0.1) is 0 Å². The van der Waals surface area contributed by atoms with Gasteiger partial charge < -0.3 is 10.0 Å². The second-order valence-corrected chi connectivity index (χ2v) is 4.42. The molecule has 0 saturated carbocycles. The fraction of sp³-hybridized carbons (Fsp3) is 0.154. The highest BCUT2D eigenvalue weighted by Gasteiger charge is 2.26. The molecule has 2 aliphatic heterocycles. The van der Waals surface area contributed by atoms with Gasteiger partial charge in [0, 0.05) is 24.3 Å². The van der Waals surface area contributed by atoms with Gasteiger partial charge >= 0.3 is 5.97 Å². The zero-order chi connectivity index (χ0) is 13.6. The summed E-state index contributed by atoms with van der Waals surface area (Å²) in [5.41, 5.74) is 3.14. The Balaban J connectivity index is 2.28. The number of nitrogens with zero attached hydrogens (tertiary/aromatic N) is 2. The van der Waals surface area contributed by atoms with Crippen LogP contribution in [-0.2, 0) is 11.3 Å². The number of carbonyl (C=O) groups is 2. The van der Waals surface area contributed by atoms with E-state index in [2.05, 4.69) is 10.2 Å². The lowest BCUT2D eigenvalue weighted by Gasteiger charge is -2.15. The van der Waals surface area contributed by atoms with Crippen molar-refractivity contribution >= 4 is 18.0 Å². The molecule has 0 aromatic carbocycles. The molecule has 1 aliphatic carbocycles. The predicted molar refractivity (Wildman–Crippen MR) is 67.4 cm³/mol. The summed E-state index contributed by atoms with van der Waals surface area (Å²) in [4.78, 5) is 24.3. The van der Waals surface area contributed by atoms with Crippen molar-refractivity contribution in [2.75, 3.05) is 0 Å². The first-order chi connectivity index (χ1) is 9.08. The van der Waals surface area contributed by atoms with Crippen molar-refractivity contribution in [3.8, 4) is 11.1 Å². The number of aromatic amines is 1. The molecule has 6 heteroatoms. The minimum atomic E-state index is -0.998. The van der Waals surface area contributed by atoms with Gasteiger partial charge in [-0.05, 0) is 17.7 Å². The van der Waals surface area contributed by atoms with Crippen molar-refractivity contribution in [3.63, 3.8) is 0 Å². The topological polar surface area (TPSA) is 86.3 Å². The molecule has 19 heavy (non-hydrogen) atoms. The summed E-state index contributed by atoms with van der Waals surface area (Å²) in [6.07, 6.45) is 4.96. The fourth-order valence-electron chi connectivity index (χ4n) is 2.35. The molecule has 0 aromatic heterocycles. The molecule has 0 saturated heterocycles. The van der Waals surface area contributed by atoms with E-state index in [1.54, 1.807) is 24.5 Å². The largest absolute Gasteiger partial charge is 0.478 e. The predicted octanol–water partition coefficient (Wildman–Crippen LogP) is 1.55. The average Bonchev–Trinajstić information content (AvgIpc) is 2.61. The normalized spacial score (nSPS) is 13.6. The average molecular weight is 257 g/mol. The summed E-state index contributed by atoms with van der Waals surface area (Å²) in [7, 11) is 0. The Morgan fingerprint density at radius 2 is 2.26 bits per heavy atom. The monoisotopic (exact) mass is 257 g/mol. The molecule has 0 spiro atoms. The van der Waals surface area contributed by atoms with Gasteiger partial charge in [-0.1, -0.05) is 0 Å². The first-order valence-corrected chi connectivity index (χ1v) is 5.75. The smallest absolute Gasteiger partial charge is 0.336 e. The highest BCUT2D eigenvalue weighted by molar-refractivity contribution is 5.97. The van der Waals surface area contributed by atoms with Crippen LogP contribution >= 0.6 is 0 Å². The number of amides is 1. The van der Waals surface area contributed by atoms with Crippen LogP contribution < -0.4 is 0 Å². The van der Waals surface area contributed by atoms with Crippen molar-refractivity contribution in [2.45, 2.75) is 13.5 Å². The van der Waals surface area contributed by atoms with Crippen LogP contribution in [0.15, 0.2) is 18.5 Å². The lowest BCUT2D eigenvalue weighted by atomic mass is 10.1. The van der Waals surface area contributed by atoms with Crippen LogP contribution in [0.4, 0.5) is 0 Å². The first kappa shape index (κ1) is 11.5. The zero-order valence-electron chi connectivity index (χ0n) is 10.2. The highest BCUT2D eigenvalue weighted by atomic mass is 16.4. The third-order valence-corrected chi connectivity index (χ3v) is 3.26. The number of aromatic carboxylic acids is 1. The van der Waals surface area contributed by atoms with Gasteiger partial charge in [0.1, 0.15) is 0 Å². The molecule has 2 heterocycles. The van der Waals surface area contributed by atoms with E-state index in [0.29, 0.717) is 11.3 Å². The van der Waals surface area contributed by atoms with Crippen LogP contribution in [-0.4, -0.2) is 32.1 Å². The summed E-state index contributed by atoms with van der Waals surface area (Å²) in [6, 6.07) is 1.59. The van der Waals surface area contributed by atoms with Crippen LogP contribution in [0.3, 0.4) is 0 Å². The molecule has 0 fully saturated rings. The molecule has 0 unspecified atom stereocenters. The molecular weight excluding hydrogens is 246 g/mol. The molecule has 0 bridgehead atoms. The van der Waals surface area contributed by atoms with Crippen molar-refractivity contribution in [1.29, 1.82) is 0 Å². The number of hydrogen-bond acceptors (Lipinski definition) is 3. The first-order valence-electron chi connectivity index (χ1n) is 5.75. The molecule has 6 nitrogen and oxygen atoms in total. The van der Waals surface area contributed by atoms with E-state index >= 15 is 0 Å². The van der Waals surface area contributed by atoms with Gasteiger partial charge in [0.2, 0.25) is 5.91 Å². The van der Waals surface area contributed by atoms with Gasteiger partial charge in [-0.25, -0.2) is 4.79 Å². The fourth-order valence-corrected chi connectivity index (χ4v) is 2.35. The third kappa shape index (κ3) is 1.69. The number of H-pyrrole nitrogens is 1. The van der Waals surface area contributed by atoms with Crippen LogP contribution in [0.2, 0.25) is 0 Å². The SMILES string of the molecule is CC(=O)N1C=Cc2[nH]ncc3cc(C(=O)O)c(c2-3)C1. The lowest BCUT2D eigenvalue weighted by molar-refractivity contribution is -0.126. The minimum absolute atomic E-state index is 0.136. The van der Waals surface area contributed by atoms with E-state index in [4.69, 9.17) is 0 Å². The third-order valence-electron chi connectivity index (χ3n) is 3.26. The molecule has 0 aromatic rings. The van der Waals surface area contributed by atoms with Gasteiger partial charge in [-0.15, -0.1) is 0 Å². The number of hydrogen-bond donors (Lipinski definition) is 2. The van der Waals surface area contributed by atoms with E-state index in [0.717, 1.165) is 11.1 Å². The Kier molecular flexibility index (Phi) is 2.38. The van der Waals surface area contributed by atoms with E-state index in [1.807, 2.05) is 0 Å².